The van der Waals surface area contributed by atoms with Crippen molar-refractivity contribution in [2.75, 3.05) is 0 Å². The predicted octanol–water partition coefficient (Wildman–Crippen LogP) is 2.49. The largest absolute Gasteiger partial charge is 0.295 e. The second-order valence-corrected chi connectivity index (χ2v) is 3.09. The van der Waals surface area contributed by atoms with Crippen LogP contribution < -0.4 is 0 Å². The molecule has 0 radical (unpaired) electrons. The van der Waals surface area contributed by atoms with Gasteiger partial charge in [0.25, 0.3) is 0 Å². The van der Waals surface area contributed by atoms with Crippen LogP contribution in [0.5, 0.6) is 0 Å². The monoisotopic (exact) mass is 188 g/mol. The SMILES string of the molecule is CC(=O)C=Cc1ccccc1C(C)=O. The normalized spacial score (nSPS) is 10.4. The van der Waals surface area contributed by atoms with Gasteiger partial charge >= 0.3 is 0 Å². The van der Waals surface area contributed by atoms with E-state index < -0.39 is 0 Å². The smallest absolute Gasteiger partial charge is 0.160 e. The van der Waals surface area contributed by atoms with Crippen LogP contribution in [0.4, 0.5) is 0 Å². The number of rotatable bonds is 3. The van der Waals surface area contributed by atoms with Gasteiger partial charge in [-0.25, -0.2) is 0 Å². The molecule has 2 nitrogen and oxygen atoms in total. The Morgan fingerprint density at radius 2 is 1.79 bits per heavy atom. The first-order valence-electron chi connectivity index (χ1n) is 4.40. The molecule has 0 aliphatic heterocycles. The standard InChI is InChI=1S/C12H12O2/c1-9(13)7-8-11-5-3-4-6-12(11)10(2)14/h3-8H,1-2H3. The summed E-state index contributed by atoms with van der Waals surface area (Å²) in [4.78, 5) is 21.9. The molecule has 1 aromatic rings. The van der Waals surface area contributed by atoms with E-state index in [1.54, 1.807) is 12.1 Å². The number of ketones is 2. The molecule has 0 saturated carbocycles. The van der Waals surface area contributed by atoms with Crippen molar-refractivity contribution in [2.45, 2.75) is 13.8 Å². The van der Waals surface area contributed by atoms with E-state index in [0.717, 1.165) is 5.56 Å². The second-order valence-electron chi connectivity index (χ2n) is 3.09. The van der Waals surface area contributed by atoms with Gasteiger partial charge < -0.3 is 0 Å². The zero-order chi connectivity index (χ0) is 10.6. The Kier molecular flexibility index (Phi) is 3.35. The van der Waals surface area contributed by atoms with Crippen molar-refractivity contribution in [3.05, 3.63) is 41.5 Å². The molecule has 14 heavy (non-hydrogen) atoms. The summed E-state index contributed by atoms with van der Waals surface area (Å²) in [5.74, 6) is -0.0165. The minimum atomic E-state index is -0.0247. The number of carbonyl (C=O) groups excluding carboxylic acids is 2. The first-order chi connectivity index (χ1) is 6.61. The molecule has 0 aromatic heterocycles. The average molecular weight is 188 g/mol. The van der Waals surface area contributed by atoms with Gasteiger partial charge in [-0.3, -0.25) is 9.59 Å². The van der Waals surface area contributed by atoms with E-state index in [2.05, 4.69) is 0 Å². The minimum Gasteiger partial charge on any atom is -0.295 e. The van der Waals surface area contributed by atoms with E-state index in [-0.39, 0.29) is 11.6 Å². The first-order valence-corrected chi connectivity index (χ1v) is 4.40. The molecule has 0 aliphatic carbocycles. The number of Topliss-reactive ketones (excluding diaryl/α,β-unsaturated/α-hetero) is 1. The van der Waals surface area contributed by atoms with Crippen molar-refractivity contribution in [1.29, 1.82) is 0 Å². The Hall–Kier alpha value is -1.70. The molecule has 0 fully saturated rings. The van der Waals surface area contributed by atoms with Crippen LogP contribution in [0.1, 0.15) is 29.8 Å². The molecule has 0 N–H and O–H groups in total. The van der Waals surface area contributed by atoms with Crippen LogP contribution in [0.25, 0.3) is 6.08 Å². The molecule has 0 bridgehead atoms. The maximum absolute atomic E-state index is 11.2. The highest BCUT2D eigenvalue weighted by molar-refractivity contribution is 5.99. The highest BCUT2D eigenvalue weighted by Gasteiger charge is 2.02. The molecule has 0 heterocycles. The van der Waals surface area contributed by atoms with Crippen molar-refractivity contribution in [3.8, 4) is 0 Å². The maximum atomic E-state index is 11.2. The van der Waals surface area contributed by atoms with Crippen LogP contribution in [0.2, 0.25) is 0 Å². The van der Waals surface area contributed by atoms with E-state index >= 15 is 0 Å². The molecule has 2 heteroatoms. The summed E-state index contributed by atoms with van der Waals surface area (Å²) >= 11 is 0. The van der Waals surface area contributed by atoms with Gasteiger partial charge in [-0.05, 0) is 25.5 Å². The summed E-state index contributed by atoms with van der Waals surface area (Å²) in [5.41, 5.74) is 1.43. The van der Waals surface area contributed by atoms with Gasteiger partial charge in [-0.2, -0.15) is 0 Å². The molecule has 0 saturated heterocycles. The first kappa shape index (κ1) is 10.4. The highest BCUT2D eigenvalue weighted by Crippen LogP contribution is 2.11. The predicted molar refractivity (Wildman–Crippen MR) is 56.2 cm³/mol. The van der Waals surface area contributed by atoms with Crippen LogP contribution in [-0.4, -0.2) is 11.6 Å². The number of allylic oxidation sites excluding steroid dienone is 1. The van der Waals surface area contributed by atoms with E-state index in [1.807, 2.05) is 18.2 Å². The minimum absolute atomic E-state index is 0.00815. The van der Waals surface area contributed by atoms with Gasteiger partial charge in [0.1, 0.15) is 0 Å². The molecular formula is C12H12O2. The van der Waals surface area contributed by atoms with E-state index in [0.29, 0.717) is 5.56 Å². The van der Waals surface area contributed by atoms with Crippen molar-refractivity contribution in [3.63, 3.8) is 0 Å². The lowest BCUT2D eigenvalue weighted by atomic mass is 10.0. The third-order valence-electron chi connectivity index (χ3n) is 1.84. The fraction of sp³-hybridized carbons (Fsp3) is 0.167. The van der Waals surface area contributed by atoms with Crippen molar-refractivity contribution in [2.24, 2.45) is 0 Å². The fourth-order valence-corrected chi connectivity index (χ4v) is 1.17. The zero-order valence-corrected chi connectivity index (χ0v) is 8.28. The van der Waals surface area contributed by atoms with Crippen molar-refractivity contribution >= 4 is 17.6 Å². The second kappa shape index (κ2) is 4.51. The van der Waals surface area contributed by atoms with E-state index in [4.69, 9.17) is 0 Å². The fourth-order valence-electron chi connectivity index (χ4n) is 1.17. The van der Waals surface area contributed by atoms with Gasteiger partial charge in [0.05, 0.1) is 0 Å². The Morgan fingerprint density at radius 1 is 1.14 bits per heavy atom. The lowest BCUT2D eigenvalue weighted by molar-refractivity contribution is -0.112. The molecule has 0 spiro atoms. The summed E-state index contributed by atoms with van der Waals surface area (Å²) < 4.78 is 0. The van der Waals surface area contributed by atoms with Gasteiger partial charge in [0, 0.05) is 5.56 Å². The van der Waals surface area contributed by atoms with Crippen LogP contribution in [0, 0.1) is 0 Å². The third-order valence-corrected chi connectivity index (χ3v) is 1.84. The van der Waals surface area contributed by atoms with Crippen LogP contribution in [0.3, 0.4) is 0 Å². The molecule has 72 valence electrons. The van der Waals surface area contributed by atoms with Gasteiger partial charge in [0.2, 0.25) is 0 Å². The summed E-state index contributed by atoms with van der Waals surface area (Å²) in [6, 6.07) is 7.21. The Balaban J connectivity index is 3.07. The lowest BCUT2D eigenvalue weighted by Crippen LogP contribution is -1.95. The van der Waals surface area contributed by atoms with Crippen molar-refractivity contribution < 1.29 is 9.59 Å². The summed E-state index contributed by atoms with van der Waals surface area (Å²) in [5, 5.41) is 0. The molecule has 0 atom stereocenters. The van der Waals surface area contributed by atoms with Gasteiger partial charge in [0.15, 0.2) is 11.6 Å². The van der Waals surface area contributed by atoms with Gasteiger partial charge in [-0.15, -0.1) is 0 Å². The van der Waals surface area contributed by atoms with E-state index in [1.165, 1.54) is 19.9 Å². The Labute approximate surface area is 83.3 Å². The summed E-state index contributed by atoms with van der Waals surface area (Å²) in [7, 11) is 0. The van der Waals surface area contributed by atoms with E-state index in [9.17, 15) is 9.59 Å². The van der Waals surface area contributed by atoms with Crippen molar-refractivity contribution in [1.82, 2.24) is 0 Å². The number of carbonyl (C=O) groups is 2. The molecule has 1 rings (SSSR count). The summed E-state index contributed by atoms with van der Waals surface area (Å²) in [6.45, 7) is 2.99. The zero-order valence-electron chi connectivity index (χ0n) is 8.28. The topological polar surface area (TPSA) is 34.1 Å². The molecule has 1 aromatic carbocycles. The summed E-state index contributed by atoms with van der Waals surface area (Å²) in [6.07, 6.45) is 3.13. The lowest BCUT2D eigenvalue weighted by Gasteiger charge is -2.00. The molecule has 0 aliphatic rings. The van der Waals surface area contributed by atoms with Gasteiger partial charge in [-0.1, -0.05) is 30.3 Å². The van der Waals surface area contributed by atoms with Crippen LogP contribution in [-0.2, 0) is 4.79 Å². The average Bonchev–Trinajstić information content (AvgIpc) is 2.15. The van der Waals surface area contributed by atoms with Crippen LogP contribution in [0.15, 0.2) is 30.3 Å². The maximum Gasteiger partial charge on any atom is 0.160 e. The van der Waals surface area contributed by atoms with Crippen LogP contribution >= 0.6 is 0 Å². The molecule has 0 unspecified atom stereocenters. The quantitative estimate of drug-likeness (QED) is 0.539. The molecular weight excluding hydrogens is 176 g/mol. The number of hydrogen-bond donors (Lipinski definition) is 0. The number of benzene rings is 1. The Bertz CT molecular complexity index is 389. The third kappa shape index (κ3) is 2.66. The molecule has 0 amide bonds. The Morgan fingerprint density at radius 3 is 2.36 bits per heavy atom. The highest BCUT2D eigenvalue weighted by atomic mass is 16.1. The number of hydrogen-bond acceptors (Lipinski definition) is 2.